The van der Waals surface area contributed by atoms with Gasteiger partial charge in [-0.25, -0.2) is 14.8 Å². The number of carbonyl (C=O) groups excluding carboxylic acids is 1. The number of urea groups is 1. The Balaban J connectivity index is 1.11. The molecule has 11 nitrogen and oxygen atoms in total. The Labute approximate surface area is 232 Å². The summed E-state index contributed by atoms with van der Waals surface area (Å²) in [5, 5.41) is 5.63. The van der Waals surface area contributed by atoms with E-state index in [4.69, 9.17) is 19.9 Å². The molecule has 2 aliphatic heterocycles. The van der Waals surface area contributed by atoms with Gasteiger partial charge in [0.25, 0.3) is 0 Å². The van der Waals surface area contributed by atoms with E-state index in [2.05, 4.69) is 25.5 Å². The van der Waals surface area contributed by atoms with Crippen molar-refractivity contribution < 1.29 is 23.4 Å². The van der Waals surface area contributed by atoms with E-state index in [1.807, 2.05) is 24.3 Å². The molecule has 2 aliphatic rings. The first kappa shape index (κ1) is 27.7. The molecular weight excluding hydrogens is 517 g/mol. The van der Waals surface area contributed by atoms with E-state index >= 15 is 0 Å². The topological polar surface area (TPSA) is 127 Å². The normalized spacial score (nSPS) is 16.1. The van der Waals surface area contributed by atoms with E-state index in [0.717, 1.165) is 38.4 Å². The fourth-order valence-corrected chi connectivity index (χ4v) is 4.45. The van der Waals surface area contributed by atoms with Crippen LogP contribution in [-0.2, 0) is 20.8 Å². The van der Waals surface area contributed by atoms with E-state index < -0.39 is 5.82 Å². The number of hydrogen-bond acceptors (Lipinski definition) is 9. The van der Waals surface area contributed by atoms with Gasteiger partial charge >= 0.3 is 6.03 Å². The van der Waals surface area contributed by atoms with Gasteiger partial charge in [-0.15, -0.1) is 0 Å². The van der Waals surface area contributed by atoms with Crippen LogP contribution in [0.3, 0.4) is 0 Å². The number of aromatic nitrogens is 2. The number of hydrogen-bond donors (Lipinski definition) is 3. The van der Waals surface area contributed by atoms with Gasteiger partial charge in [-0.2, -0.15) is 4.39 Å². The van der Waals surface area contributed by atoms with Crippen molar-refractivity contribution in [3.05, 3.63) is 59.9 Å². The first-order valence-corrected chi connectivity index (χ1v) is 13.4. The summed E-state index contributed by atoms with van der Waals surface area (Å²) >= 11 is 0. The quantitative estimate of drug-likeness (QED) is 0.344. The fourth-order valence-electron chi connectivity index (χ4n) is 4.45. The van der Waals surface area contributed by atoms with Crippen molar-refractivity contribution in [1.82, 2.24) is 14.9 Å². The lowest BCUT2D eigenvalue weighted by molar-refractivity contribution is 0.0180. The van der Waals surface area contributed by atoms with Crippen LogP contribution in [-0.4, -0.2) is 86.7 Å². The molecular formula is C28H34FN7O4. The maximum absolute atomic E-state index is 14.6. The highest BCUT2D eigenvalue weighted by Crippen LogP contribution is 2.27. The summed E-state index contributed by atoms with van der Waals surface area (Å²) < 4.78 is 31.1. The van der Waals surface area contributed by atoms with E-state index in [-0.39, 0.29) is 17.7 Å². The summed E-state index contributed by atoms with van der Waals surface area (Å²) in [5.41, 5.74) is 8.76. The molecule has 0 radical (unpaired) electrons. The van der Waals surface area contributed by atoms with Crippen molar-refractivity contribution in [2.45, 2.75) is 6.61 Å². The molecule has 3 heterocycles. The molecule has 0 bridgehead atoms. The first-order chi connectivity index (χ1) is 19.5. The van der Waals surface area contributed by atoms with Gasteiger partial charge in [-0.05, 0) is 42.0 Å². The molecule has 0 atom stereocenters. The predicted molar refractivity (Wildman–Crippen MR) is 151 cm³/mol. The monoisotopic (exact) mass is 551 g/mol. The molecule has 0 aliphatic carbocycles. The minimum absolute atomic E-state index is 0.165. The van der Waals surface area contributed by atoms with Crippen LogP contribution in [0.1, 0.15) is 5.56 Å². The number of rotatable bonds is 9. The summed E-state index contributed by atoms with van der Waals surface area (Å²) in [6.45, 7) is 7.57. The van der Waals surface area contributed by atoms with Crippen molar-refractivity contribution in [3.8, 4) is 11.4 Å². The van der Waals surface area contributed by atoms with Gasteiger partial charge < -0.3 is 35.5 Å². The number of anilines is 4. The minimum atomic E-state index is -0.634. The number of amides is 2. The first-order valence-electron chi connectivity index (χ1n) is 13.4. The second-order valence-electron chi connectivity index (χ2n) is 9.53. The maximum atomic E-state index is 14.6. The van der Waals surface area contributed by atoms with Crippen LogP contribution in [0.15, 0.2) is 48.5 Å². The molecule has 0 spiro atoms. The van der Waals surface area contributed by atoms with Crippen LogP contribution in [0.2, 0.25) is 0 Å². The number of nitrogens with two attached hydrogens (primary N) is 1. The van der Waals surface area contributed by atoms with E-state index in [1.165, 1.54) is 0 Å². The number of ether oxygens (including phenoxy) is 3. The number of nitrogens with one attached hydrogen (secondary N) is 2. The highest BCUT2D eigenvalue weighted by molar-refractivity contribution is 5.99. The highest BCUT2D eigenvalue weighted by Gasteiger charge is 2.21. The van der Waals surface area contributed by atoms with Crippen molar-refractivity contribution in [2.24, 2.45) is 0 Å². The lowest BCUT2D eigenvalue weighted by atomic mass is 10.2. The van der Waals surface area contributed by atoms with Crippen LogP contribution >= 0.6 is 0 Å². The zero-order chi connectivity index (χ0) is 27.7. The molecule has 40 heavy (non-hydrogen) atoms. The lowest BCUT2D eigenvalue weighted by Gasteiger charge is -2.28. The van der Waals surface area contributed by atoms with Gasteiger partial charge in [-0.3, -0.25) is 4.90 Å². The second kappa shape index (κ2) is 13.5. The van der Waals surface area contributed by atoms with Crippen LogP contribution in [0.4, 0.5) is 32.2 Å². The Morgan fingerprint density at radius 1 is 0.900 bits per heavy atom. The van der Waals surface area contributed by atoms with Crippen LogP contribution in [0.5, 0.6) is 0 Å². The maximum Gasteiger partial charge on any atom is 0.323 e. The Morgan fingerprint density at radius 2 is 1.50 bits per heavy atom. The van der Waals surface area contributed by atoms with Gasteiger partial charge in [-0.1, -0.05) is 12.1 Å². The highest BCUT2D eigenvalue weighted by atomic mass is 19.1. The van der Waals surface area contributed by atoms with Gasteiger partial charge in [0.05, 0.1) is 39.6 Å². The van der Waals surface area contributed by atoms with E-state index in [0.29, 0.717) is 62.3 Å². The van der Waals surface area contributed by atoms with Crippen LogP contribution < -0.4 is 21.3 Å². The lowest BCUT2D eigenvalue weighted by Crippen LogP contribution is -2.38. The number of morpholine rings is 2. The average Bonchev–Trinajstić information content (AvgIpc) is 2.99. The second-order valence-corrected chi connectivity index (χ2v) is 9.53. The van der Waals surface area contributed by atoms with Gasteiger partial charge in [0, 0.05) is 49.7 Å². The van der Waals surface area contributed by atoms with Crippen molar-refractivity contribution >= 4 is 29.0 Å². The van der Waals surface area contributed by atoms with E-state index in [1.54, 1.807) is 29.2 Å². The number of nitrogen functional groups attached to an aromatic ring is 1. The molecule has 2 fully saturated rings. The molecule has 2 aromatic carbocycles. The summed E-state index contributed by atoms with van der Waals surface area (Å²) in [6.07, 6.45) is 0. The molecule has 3 aromatic rings. The molecule has 212 valence electrons. The Kier molecular flexibility index (Phi) is 9.34. The largest absolute Gasteiger partial charge is 0.381 e. The third-order valence-corrected chi connectivity index (χ3v) is 6.71. The van der Waals surface area contributed by atoms with Crippen LogP contribution in [0.25, 0.3) is 11.4 Å². The summed E-state index contributed by atoms with van der Waals surface area (Å²) in [7, 11) is 0. The number of carbonyl (C=O) groups is 1. The molecule has 12 heteroatoms. The molecule has 2 saturated heterocycles. The molecule has 5 rings (SSSR count). The smallest absolute Gasteiger partial charge is 0.323 e. The van der Waals surface area contributed by atoms with Gasteiger partial charge in [0.2, 0.25) is 5.82 Å². The molecule has 2 amide bonds. The zero-order valence-electron chi connectivity index (χ0n) is 22.3. The molecule has 0 unspecified atom stereocenters. The van der Waals surface area contributed by atoms with Gasteiger partial charge in [0.15, 0.2) is 17.5 Å². The fraction of sp³-hybridized carbons (Fsp3) is 0.393. The molecule has 0 saturated carbocycles. The SMILES string of the molecule is Nc1nc(-c2ccc(NC(=O)Nc3ccc(COCCN4CCOCC4)cc3)cc2)nc(N2CCOCC2)c1F. The van der Waals surface area contributed by atoms with Crippen molar-refractivity contribution in [3.63, 3.8) is 0 Å². The Morgan fingerprint density at radius 3 is 2.15 bits per heavy atom. The third-order valence-electron chi connectivity index (χ3n) is 6.71. The number of benzene rings is 2. The molecule has 1 aromatic heterocycles. The molecule has 4 N–H and O–H groups in total. The third kappa shape index (κ3) is 7.42. The van der Waals surface area contributed by atoms with Gasteiger partial charge in [0.1, 0.15) is 0 Å². The summed E-state index contributed by atoms with van der Waals surface area (Å²) in [5.74, 6) is -0.372. The average molecular weight is 552 g/mol. The number of halogens is 1. The minimum Gasteiger partial charge on any atom is -0.381 e. The Bertz CT molecular complexity index is 1260. The standard InChI is InChI=1S/C28H34FN7O4/c29-24-25(30)33-26(34-27(24)36-12-17-39-18-13-36)21-3-7-23(8-4-21)32-28(37)31-22-5-1-20(2-6-22)19-40-16-11-35-9-14-38-15-10-35/h1-8H,9-19H2,(H2,30,33,34)(H2,31,32,37). The number of nitrogens with zero attached hydrogens (tertiary/aromatic N) is 4. The Hall–Kier alpha value is -3.84. The summed E-state index contributed by atoms with van der Waals surface area (Å²) in [6, 6.07) is 14.1. The summed E-state index contributed by atoms with van der Waals surface area (Å²) in [4.78, 5) is 25.2. The van der Waals surface area contributed by atoms with E-state index in [9.17, 15) is 9.18 Å². The van der Waals surface area contributed by atoms with Crippen molar-refractivity contribution in [2.75, 3.05) is 87.0 Å². The zero-order valence-corrected chi connectivity index (χ0v) is 22.3. The predicted octanol–water partition coefficient (Wildman–Crippen LogP) is 3.19. The van der Waals surface area contributed by atoms with Crippen LogP contribution in [0, 0.1) is 5.82 Å². The van der Waals surface area contributed by atoms with Crippen molar-refractivity contribution in [1.29, 1.82) is 0 Å².